The summed E-state index contributed by atoms with van der Waals surface area (Å²) >= 11 is 0. The molecule has 5 nitrogen and oxygen atoms in total. The van der Waals surface area contributed by atoms with Gasteiger partial charge in [-0.2, -0.15) is 0 Å². The summed E-state index contributed by atoms with van der Waals surface area (Å²) in [7, 11) is 0. The van der Waals surface area contributed by atoms with Gasteiger partial charge in [-0.3, -0.25) is 0 Å². The Hall–Kier alpha value is -0.910. The average Bonchev–Trinajstić information content (AvgIpc) is 3.28. The molecule has 0 unspecified atom stereocenters. The molecule has 0 aromatic carbocycles. The summed E-state index contributed by atoms with van der Waals surface area (Å²) in [6, 6.07) is 0. The van der Waals surface area contributed by atoms with E-state index in [2.05, 4.69) is 14.9 Å². The zero-order valence-electron chi connectivity index (χ0n) is 13.3. The molecule has 0 spiro atoms. The molecule has 1 saturated carbocycles. The third-order valence-electron chi connectivity index (χ3n) is 5.19. The Labute approximate surface area is 132 Å². The Bertz CT molecular complexity index is 492. The summed E-state index contributed by atoms with van der Waals surface area (Å²) in [5.41, 5.74) is 2.66. The Kier molecular flexibility index (Phi) is 4.46. The van der Waals surface area contributed by atoms with Gasteiger partial charge in [0.05, 0.1) is 18.6 Å². The first-order valence-corrected chi connectivity index (χ1v) is 8.80. The molecule has 1 aliphatic carbocycles. The summed E-state index contributed by atoms with van der Waals surface area (Å²) in [6.45, 7) is 6.56. The van der Waals surface area contributed by atoms with Gasteiger partial charge in [-0.1, -0.05) is 0 Å². The Morgan fingerprint density at radius 3 is 2.86 bits per heavy atom. The van der Waals surface area contributed by atoms with Crippen molar-refractivity contribution in [3.05, 3.63) is 17.7 Å². The monoisotopic (exact) mass is 305 g/mol. The van der Waals surface area contributed by atoms with Crippen LogP contribution in [0.1, 0.15) is 43.0 Å². The zero-order chi connectivity index (χ0) is 14.8. The van der Waals surface area contributed by atoms with Gasteiger partial charge in [0.25, 0.3) is 0 Å². The van der Waals surface area contributed by atoms with Crippen LogP contribution in [-0.2, 0) is 22.6 Å². The van der Waals surface area contributed by atoms with Crippen LogP contribution in [0.15, 0.2) is 6.33 Å². The van der Waals surface area contributed by atoms with Gasteiger partial charge in [-0.05, 0) is 37.5 Å². The molecule has 1 N–H and O–H groups in total. The highest BCUT2D eigenvalue weighted by Gasteiger charge is 2.29. The number of fused-ring (bicyclic) bond motifs is 1. The molecule has 4 rings (SSSR count). The predicted octanol–water partition coefficient (Wildman–Crippen LogP) is 1.92. The normalized spacial score (nSPS) is 26.1. The zero-order valence-corrected chi connectivity index (χ0v) is 13.3. The molecular weight excluding hydrogens is 278 g/mol. The van der Waals surface area contributed by atoms with Crippen molar-refractivity contribution in [2.75, 3.05) is 33.0 Å². The molecule has 122 valence electrons. The molecule has 0 amide bonds. The van der Waals surface area contributed by atoms with Crippen molar-refractivity contribution < 1.29 is 9.47 Å². The van der Waals surface area contributed by atoms with Gasteiger partial charge >= 0.3 is 0 Å². The van der Waals surface area contributed by atoms with Gasteiger partial charge in [-0.15, -0.1) is 0 Å². The topological polar surface area (TPSA) is 48.3 Å². The first kappa shape index (κ1) is 14.7. The van der Waals surface area contributed by atoms with Gasteiger partial charge in [-0.25, -0.2) is 4.98 Å². The minimum atomic E-state index is 0.449. The second-order valence-corrected chi connectivity index (χ2v) is 7.09. The SMILES string of the molecule is c1nc2c(n1CC1CC1)[C@@H](COCC1CCOCC1)CNC2. The van der Waals surface area contributed by atoms with E-state index >= 15 is 0 Å². The number of aromatic nitrogens is 2. The third kappa shape index (κ3) is 3.36. The van der Waals surface area contributed by atoms with E-state index in [0.717, 1.165) is 64.8 Å². The van der Waals surface area contributed by atoms with E-state index in [0.29, 0.717) is 11.8 Å². The molecule has 5 heteroatoms. The molecule has 0 bridgehead atoms. The van der Waals surface area contributed by atoms with Gasteiger partial charge < -0.3 is 19.4 Å². The molecule has 1 aromatic rings. The van der Waals surface area contributed by atoms with Crippen molar-refractivity contribution in [3.8, 4) is 0 Å². The second-order valence-electron chi connectivity index (χ2n) is 7.09. The molecule has 3 aliphatic rings. The molecular formula is C17H27N3O2. The fourth-order valence-corrected chi connectivity index (χ4v) is 3.65. The lowest BCUT2D eigenvalue weighted by Crippen LogP contribution is -2.33. The molecule has 22 heavy (non-hydrogen) atoms. The van der Waals surface area contributed by atoms with Crippen LogP contribution in [0.5, 0.6) is 0 Å². The van der Waals surface area contributed by atoms with Gasteiger partial charge in [0.2, 0.25) is 0 Å². The summed E-state index contributed by atoms with van der Waals surface area (Å²) < 4.78 is 13.9. The van der Waals surface area contributed by atoms with E-state index in [1.807, 2.05) is 6.33 Å². The van der Waals surface area contributed by atoms with Crippen LogP contribution in [0, 0.1) is 11.8 Å². The molecule has 1 saturated heterocycles. The van der Waals surface area contributed by atoms with Crippen LogP contribution in [0.25, 0.3) is 0 Å². The Morgan fingerprint density at radius 2 is 2.05 bits per heavy atom. The number of rotatable bonds is 6. The van der Waals surface area contributed by atoms with Crippen molar-refractivity contribution in [3.63, 3.8) is 0 Å². The molecule has 1 atom stereocenters. The highest BCUT2D eigenvalue weighted by Crippen LogP contribution is 2.33. The van der Waals surface area contributed by atoms with Gasteiger partial charge in [0, 0.05) is 51.1 Å². The maximum Gasteiger partial charge on any atom is 0.0952 e. The third-order valence-corrected chi connectivity index (χ3v) is 5.19. The molecule has 1 aromatic heterocycles. The lowest BCUT2D eigenvalue weighted by molar-refractivity contribution is 0.0163. The summed E-state index contributed by atoms with van der Waals surface area (Å²) in [6.07, 6.45) is 7.11. The Morgan fingerprint density at radius 1 is 1.18 bits per heavy atom. The highest BCUT2D eigenvalue weighted by molar-refractivity contribution is 5.22. The number of imidazole rings is 1. The van der Waals surface area contributed by atoms with Crippen LogP contribution in [0.2, 0.25) is 0 Å². The minimum absolute atomic E-state index is 0.449. The first-order chi connectivity index (χ1) is 10.9. The van der Waals surface area contributed by atoms with E-state index in [1.165, 1.54) is 24.2 Å². The smallest absolute Gasteiger partial charge is 0.0952 e. The minimum Gasteiger partial charge on any atom is -0.381 e. The van der Waals surface area contributed by atoms with Crippen molar-refractivity contribution >= 4 is 0 Å². The van der Waals surface area contributed by atoms with Crippen LogP contribution in [-0.4, -0.2) is 42.5 Å². The fraction of sp³-hybridized carbons (Fsp3) is 0.824. The number of hydrogen-bond donors (Lipinski definition) is 1. The van der Waals surface area contributed by atoms with Crippen molar-refractivity contribution in [2.24, 2.45) is 11.8 Å². The number of nitrogens with zero attached hydrogens (tertiary/aromatic N) is 2. The second kappa shape index (κ2) is 6.69. The van der Waals surface area contributed by atoms with E-state index < -0.39 is 0 Å². The quantitative estimate of drug-likeness (QED) is 0.872. The van der Waals surface area contributed by atoms with Crippen molar-refractivity contribution in [1.82, 2.24) is 14.9 Å². The maximum absolute atomic E-state index is 6.08. The fourth-order valence-electron chi connectivity index (χ4n) is 3.65. The van der Waals surface area contributed by atoms with E-state index in [9.17, 15) is 0 Å². The van der Waals surface area contributed by atoms with Gasteiger partial charge in [0.1, 0.15) is 0 Å². The largest absolute Gasteiger partial charge is 0.381 e. The molecule has 2 aliphatic heterocycles. The number of hydrogen-bond acceptors (Lipinski definition) is 4. The molecule has 2 fully saturated rings. The summed E-state index contributed by atoms with van der Waals surface area (Å²) in [5, 5.41) is 3.49. The number of nitrogens with one attached hydrogen (secondary N) is 1. The first-order valence-electron chi connectivity index (χ1n) is 8.80. The van der Waals surface area contributed by atoms with Crippen LogP contribution in [0.4, 0.5) is 0 Å². The van der Waals surface area contributed by atoms with Gasteiger partial charge in [0.15, 0.2) is 0 Å². The molecule has 3 heterocycles. The van der Waals surface area contributed by atoms with Crippen molar-refractivity contribution in [2.45, 2.75) is 44.7 Å². The maximum atomic E-state index is 6.08. The standard InChI is InChI=1S/C17H27N3O2/c1-2-13(1)9-20-12-19-16-8-18-7-15(17(16)20)11-22-10-14-3-5-21-6-4-14/h12-15,18H,1-11H2/t15-/m1/s1. The van der Waals surface area contributed by atoms with Crippen LogP contribution < -0.4 is 5.32 Å². The van der Waals surface area contributed by atoms with Crippen molar-refractivity contribution in [1.29, 1.82) is 0 Å². The van der Waals surface area contributed by atoms with Crippen LogP contribution in [0.3, 0.4) is 0 Å². The Balaban J connectivity index is 1.35. The molecule has 0 radical (unpaired) electrons. The number of ether oxygens (including phenoxy) is 2. The van der Waals surface area contributed by atoms with E-state index in [4.69, 9.17) is 9.47 Å². The lowest BCUT2D eigenvalue weighted by Gasteiger charge is -2.27. The van der Waals surface area contributed by atoms with E-state index in [1.54, 1.807) is 0 Å². The summed E-state index contributed by atoms with van der Waals surface area (Å²) in [4.78, 5) is 4.61. The van der Waals surface area contributed by atoms with Crippen LogP contribution >= 0.6 is 0 Å². The van der Waals surface area contributed by atoms with E-state index in [-0.39, 0.29) is 0 Å². The predicted molar refractivity (Wildman–Crippen MR) is 83.8 cm³/mol. The highest BCUT2D eigenvalue weighted by atomic mass is 16.5. The lowest BCUT2D eigenvalue weighted by atomic mass is 9.99. The summed E-state index contributed by atoms with van der Waals surface area (Å²) in [5.74, 6) is 2.02. The average molecular weight is 305 g/mol.